The van der Waals surface area contributed by atoms with Crippen LogP contribution in [0.4, 0.5) is 0 Å². The third-order valence-electron chi connectivity index (χ3n) is 4.84. The van der Waals surface area contributed by atoms with E-state index in [1.54, 1.807) is 0 Å². The van der Waals surface area contributed by atoms with Crippen molar-refractivity contribution < 1.29 is 18.8 Å². The van der Waals surface area contributed by atoms with E-state index in [1.807, 2.05) is 20.9 Å². The molecule has 0 unspecified atom stereocenters. The van der Waals surface area contributed by atoms with E-state index in [0.29, 0.717) is 38.1 Å². The second-order valence-electron chi connectivity index (χ2n) is 7.20. The van der Waals surface area contributed by atoms with Crippen LogP contribution in [-0.4, -0.2) is 67.0 Å². The molecule has 0 aliphatic carbocycles. The first-order chi connectivity index (χ1) is 12.0. The maximum atomic E-state index is 12.7. The number of rotatable bonds is 5. The Balaban J connectivity index is 1.74. The van der Waals surface area contributed by atoms with Gasteiger partial charge in [-0.15, -0.1) is 0 Å². The maximum absolute atomic E-state index is 12.7. The monoisotopic (exact) mass is 352 g/mol. The Hall–Kier alpha value is -1.51. The number of ether oxygens (including phenoxy) is 2. The summed E-state index contributed by atoms with van der Waals surface area (Å²) in [6.45, 7) is 7.40. The summed E-state index contributed by atoms with van der Waals surface area (Å²) < 4.78 is 16.6. The van der Waals surface area contributed by atoms with Crippen LogP contribution in [0.15, 0.2) is 4.52 Å². The van der Waals surface area contributed by atoms with Crippen molar-refractivity contribution in [3.05, 3.63) is 11.7 Å². The largest absolute Gasteiger partial charge is 0.381 e. The van der Waals surface area contributed by atoms with Gasteiger partial charge in [-0.1, -0.05) is 19.0 Å². The molecule has 3 rings (SSSR count). The van der Waals surface area contributed by atoms with E-state index in [1.165, 1.54) is 0 Å². The second-order valence-corrected chi connectivity index (χ2v) is 7.20. The standard InChI is InChI=1S/C17H28N4O4/c1-11(2)15-19-17(25-20-15)14(12-4-7-23-8-5-12)18-16(22)13-10-21(3)6-9-24-13/h11-14H,4-10H2,1-3H3,(H,18,22)/t13-,14-/m0/s1. The molecule has 0 bridgehead atoms. The number of amides is 1. The molecule has 0 spiro atoms. The lowest BCUT2D eigenvalue weighted by atomic mass is 9.91. The molecular formula is C17H28N4O4. The predicted octanol–water partition coefficient (Wildman–Crippen LogP) is 1.11. The van der Waals surface area contributed by atoms with Crippen LogP contribution in [0.2, 0.25) is 0 Å². The Labute approximate surface area is 148 Å². The minimum Gasteiger partial charge on any atom is -0.381 e. The van der Waals surface area contributed by atoms with Crippen molar-refractivity contribution in [2.75, 3.05) is 40.0 Å². The van der Waals surface area contributed by atoms with E-state index in [-0.39, 0.29) is 23.8 Å². The normalized spacial score (nSPS) is 24.4. The van der Waals surface area contributed by atoms with Crippen molar-refractivity contribution in [1.82, 2.24) is 20.4 Å². The van der Waals surface area contributed by atoms with Gasteiger partial charge in [-0.25, -0.2) is 0 Å². The number of hydrogen-bond donors (Lipinski definition) is 1. The van der Waals surface area contributed by atoms with Crippen LogP contribution in [0.25, 0.3) is 0 Å². The number of hydrogen-bond acceptors (Lipinski definition) is 7. The Kier molecular flexibility index (Phi) is 6.03. The molecule has 140 valence electrons. The zero-order valence-corrected chi connectivity index (χ0v) is 15.2. The average Bonchev–Trinajstić information content (AvgIpc) is 3.10. The molecule has 0 radical (unpaired) electrons. The van der Waals surface area contributed by atoms with Gasteiger partial charge in [0.25, 0.3) is 5.91 Å². The first-order valence-electron chi connectivity index (χ1n) is 9.06. The Morgan fingerprint density at radius 1 is 1.28 bits per heavy atom. The van der Waals surface area contributed by atoms with E-state index in [2.05, 4.69) is 20.4 Å². The smallest absolute Gasteiger partial charge is 0.251 e. The van der Waals surface area contributed by atoms with Gasteiger partial charge in [-0.3, -0.25) is 4.79 Å². The van der Waals surface area contributed by atoms with Crippen LogP contribution < -0.4 is 5.32 Å². The summed E-state index contributed by atoms with van der Waals surface area (Å²) >= 11 is 0. The summed E-state index contributed by atoms with van der Waals surface area (Å²) in [5.41, 5.74) is 0. The number of likely N-dealkylation sites (N-methyl/N-ethyl adjacent to an activating group) is 1. The topological polar surface area (TPSA) is 89.7 Å². The molecule has 8 heteroatoms. The highest BCUT2D eigenvalue weighted by molar-refractivity contribution is 5.81. The molecule has 8 nitrogen and oxygen atoms in total. The first kappa shape index (κ1) is 18.3. The van der Waals surface area contributed by atoms with Crippen LogP contribution in [-0.2, 0) is 14.3 Å². The van der Waals surface area contributed by atoms with Crippen LogP contribution in [0.3, 0.4) is 0 Å². The van der Waals surface area contributed by atoms with Crippen molar-refractivity contribution in [1.29, 1.82) is 0 Å². The number of carbonyl (C=O) groups is 1. The zero-order valence-electron chi connectivity index (χ0n) is 15.2. The summed E-state index contributed by atoms with van der Waals surface area (Å²) in [5, 5.41) is 7.16. The van der Waals surface area contributed by atoms with Crippen LogP contribution in [0, 0.1) is 5.92 Å². The lowest BCUT2D eigenvalue weighted by Crippen LogP contribution is -2.50. The van der Waals surface area contributed by atoms with Crippen LogP contribution >= 0.6 is 0 Å². The van der Waals surface area contributed by atoms with Gasteiger partial charge in [0.05, 0.1) is 6.61 Å². The molecule has 1 N–H and O–H groups in total. The SMILES string of the molecule is CC(C)c1noc([C@@H](NC(=O)[C@@H]2CN(C)CCO2)C2CCOCC2)n1. The van der Waals surface area contributed by atoms with E-state index in [4.69, 9.17) is 14.0 Å². The van der Waals surface area contributed by atoms with Gasteiger partial charge in [0.15, 0.2) is 5.82 Å². The molecule has 2 saturated heterocycles. The number of nitrogens with one attached hydrogen (secondary N) is 1. The predicted molar refractivity (Wildman–Crippen MR) is 90.1 cm³/mol. The average molecular weight is 352 g/mol. The summed E-state index contributed by atoms with van der Waals surface area (Å²) in [6.07, 6.45) is 1.25. The fourth-order valence-electron chi connectivity index (χ4n) is 3.22. The zero-order chi connectivity index (χ0) is 17.8. The molecule has 0 aromatic carbocycles. The molecule has 1 aromatic rings. The minimum absolute atomic E-state index is 0.118. The van der Waals surface area contributed by atoms with Gasteiger partial charge in [0, 0.05) is 32.2 Å². The van der Waals surface area contributed by atoms with Gasteiger partial charge in [-0.2, -0.15) is 4.98 Å². The van der Waals surface area contributed by atoms with E-state index in [9.17, 15) is 4.79 Å². The maximum Gasteiger partial charge on any atom is 0.251 e. The number of nitrogens with zero attached hydrogens (tertiary/aromatic N) is 3. The molecule has 2 aliphatic rings. The first-order valence-corrected chi connectivity index (χ1v) is 9.06. The fourth-order valence-corrected chi connectivity index (χ4v) is 3.22. The van der Waals surface area contributed by atoms with Crippen molar-refractivity contribution in [2.24, 2.45) is 5.92 Å². The molecule has 25 heavy (non-hydrogen) atoms. The summed E-state index contributed by atoms with van der Waals surface area (Å²) in [4.78, 5) is 19.3. The molecule has 1 aromatic heterocycles. The highest BCUT2D eigenvalue weighted by Gasteiger charge is 2.34. The second kappa shape index (κ2) is 8.25. The highest BCUT2D eigenvalue weighted by atomic mass is 16.5. The van der Waals surface area contributed by atoms with Gasteiger partial charge in [0.1, 0.15) is 12.1 Å². The van der Waals surface area contributed by atoms with Crippen LogP contribution in [0.5, 0.6) is 0 Å². The molecule has 3 heterocycles. The molecule has 0 saturated carbocycles. The number of morpholine rings is 1. The Morgan fingerprint density at radius 2 is 2.04 bits per heavy atom. The summed E-state index contributed by atoms with van der Waals surface area (Å²) in [6, 6.07) is -0.299. The van der Waals surface area contributed by atoms with E-state index < -0.39 is 6.10 Å². The van der Waals surface area contributed by atoms with Crippen molar-refractivity contribution >= 4 is 5.91 Å². The van der Waals surface area contributed by atoms with Gasteiger partial charge in [0.2, 0.25) is 5.89 Å². The number of carbonyl (C=O) groups excluding carboxylic acids is 1. The lowest BCUT2D eigenvalue weighted by Gasteiger charge is -2.32. The fraction of sp³-hybridized carbons (Fsp3) is 0.824. The molecule has 2 atom stereocenters. The van der Waals surface area contributed by atoms with E-state index in [0.717, 1.165) is 19.4 Å². The lowest BCUT2D eigenvalue weighted by molar-refractivity contribution is -0.139. The quantitative estimate of drug-likeness (QED) is 0.849. The summed E-state index contributed by atoms with van der Waals surface area (Å²) in [7, 11) is 1.99. The molecule has 2 fully saturated rings. The number of aromatic nitrogens is 2. The Bertz CT molecular complexity index is 571. The van der Waals surface area contributed by atoms with Crippen LogP contribution in [0.1, 0.15) is 50.4 Å². The highest BCUT2D eigenvalue weighted by Crippen LogP contribution is 2.30. The minimum atomic E-state index is -0.464. The third-order valence-corrected chi connectivity index (χ3v) is 4.84. The van der Waals surface area contributed by atoms with E-state index >= 15 is 0 Å². The van der Waals surface area contributed by atoms with Gasteiger partial charge >= 0.3 is 0 Å². The van der Waals surface area contributed by atoms with Gasteiger partial charge < -0.3 is 24.2 Å². The molecule has 1 amide bonds. The Morgan fingerprint density at radius 3 is 2.68 bits per heavy atom. The van der Waals surface area contributed by atoms with Crippen molar-refractivity contribution in [3.63, 3.8) is 0 Å². The molecular weight excluding hydrogens is 324 g/mol. The van der Waals surface area contributed by atoms with Crippen molar-refractivity contribution in [3.8, 4) is 0 Å². The van der Waals surface area contributed by atoms with Crippen molar-refractivity contribution in [2.45, 2.75) is 44.8 Å². The summed E-state index contributed by atoms with van der Waals surface area (Å²) in [5.74, 6) is 1.42. The third kappa shape index (κ3) is 4.56. The van der Waals surface area contributed by atoms with Gasteiger partial charge in [-0.05, 0) is 25.8 Å². The molecule has 2 aliphatic heterocycles.